The molecule has 0 bridgehead atoms. The zero-order valence-electron chi connectivity index (χ0n) is 17.0. The number of hydrogen-bond acceptors (Lipinski definition) is 4. The van der Waals surface area contributed by atoms with Gasteiger partial charge in [-0.25, -0.2) is 0 Å². The van der Waals surface area contributed by atoms with Gasteiger partial charge in [0.25, 0.3) is 0 Å². The second-order valence-electron chi connectivity index (χ2n) is 7.94. The van der Waals surface area contributed by atoms with Crippen molar-refractivity contribution >= 4 is 35.8 Å². The minimum absolute atomic E-state index is 0. The van der Waals surface area contributed by atoms with Crippen molar-refractivity contribution in [2.45, 2.75) is 32.6 Å². The number of carbonyl (C=O) groups excluding carboxylic acids is 1. The van der Waals surface area contributed by atoms with E-state index < -0.39 is 0 Å². The minimum Gasteiger partial charge on any atom is -0.486 e. The van der Waals surface area contributed by atoms with Gasteiger partial charge in [-0.15, -0.1) is 24.0 Å². The van der Waals surface area contributed by atoms with Gasteiger partial charge in [0.1, 0.15) is 13.2 Å². The number of fused-ring (bicyclic) bond motifs is 1. The summed E-state index contributed by atoms with van der Waals surface area (Å²) in [5.74, 6) is 2.79. The maximum Gasteiger partial charge on any atom is 0.220 e. The van der Waals surface area contributed by atoms with E-state index in [1.165, 1.54) is 5.56 Å². The smallest absolute Gasteiger partial charge is 0.220 e. The van der Waals surface area contributed by atoms with E-state index >= 15 is 0 Å². The first-order valence-electron chi connectivity index (χ1n) is 10.4. The third-order valence-electron chi connectivity index (χ3n) is 5.76. The average Bonchev–Trinajstić information content (AvgIpc) is 3.06. The van der Waals surface area contributed by atoms with Crippen LogP contribution in [0.1, 0.15) is 31.7 Å². The van der Waals surface area contributed by atoms with Gasteiger partial charge in [-0.1, -0.05) is 6.07 Å². The lowest BCUT2D eigenvalue weighted by Gasteiger charge is -2.40. The molecule has 1 atom stereocenters. The van der Waals surface area contributed by atoms with Gasteiger partial charge < -0.3 is 25.0 Å². The lowest BCUT2D eigenvalue weighted by molar-refractivity contribution is -0.119. The molecule has 29 heavy (non-hydrogen) atoms. The summed E-state index contributed by atoms with van der Waals surface area (Å²) in [4.78, 5) is 19.0. The first-order valence-corrected chi connectivity index (χ1v) is 10.4. The van der Waals surface area contributed by atoms with Crippen LogP contribution in [-0.4, -0.2) is 62.7 Å². The van der Waals surface area contributed by atoms with Gasteiger partial charge in [0.15, 0.2) is 17.5 Å². The van der Waals surface area contributed by atoms with E-state index in [1.54, 1.807) is 0 Å². The number of carbonyl (C=O) groups is 1. The number of amides is 1. The van der Waals surface area contributed by atoms with Crippen LogP contribution in [-0.2, 0) is 11.2 Å². The predicted molar refractivity (Wildman–Crippen MR) is 123 cm³/mol. The zero-order valence-corrected chi connectivity index (χ0v) is 19.4. The highest BCUT2D eigenvalue weighted by molar-refractivity contribution is 14.0. The van der Waals surface area contributed by atoms with Crippen LogP contribution in [0.4, 0.5) is 0 Å². The number of rotatable bonds is 4. The number of piperidine rings is 1. The Bertz CT molecular complexity index is 757. The average molecular weight is 514 g/mol. The molecule has 0 radical (unpaired) electrons. The summed E-state index contributed by atoms with van der Waals surface area (Å²) in [6.07, 6.45) is 3.70. The van der Waals surface area contributed by atoms with Crippen LogP contribution >= 0.6 is 24.0 Å². The quantitative estimate of drug-likeness (QED) is 0.366. The number of nitrogens with zero attached hydrogens (tertiary/aromatic N) is 2. The Morgan fingerprint density at radius 3 is 2.90 bits per heavy atom. The second-order valence-corrected chi connectivity index (χ2v) is 7.94. The van der Waals surface area contributed by atoms with E-state index in [1.807, 2.05) is 6.07 Å². The molecule has 1 spiro atoms. The van der Waals surface area contributed by atoms with E-state index in [0.717, 1.165) is 62.9 Å². The summed E-state index contributed by atoms with van der Waals surface area (Å²) in [7, 11) is 0. The maximum absolute atomic E-state index is 11.8. The fraction of sp³-hybridized carbons (Fsp3) is 0.619. The van der Waals surface area contributed by atoms with Gasteiger partial charge in [-0.2, -0.15) is 0 Å². The number of nitrogens with one attached hydrogen (secondary N) is 2. The van der Waals surface area contributed by atoms with Gasteiger partial charge >= 0.3 is 0 Å². The van der Waals surface area contributed by atoms with Crippen molar-refractivity contribution in [1.29, 1.82) is 0 Å². The SMILES string of the molecule is CCNC(=NCCc1ccc2c(c1)OCCO2)N1CCCC2(CNC(=O)C2)C1.I. The Kier molecular flexibility index (Phi) is 7.48. The Labute approximate surface area is 189 Å². The van der Waals surface area contributed by atoms with E-state index in [0.29, 0.717) is 26.2 Å². The highest BCUT2D eigenvalue weighted by Crippen LogP contribution is 2.36. The van der Waals surface area contributed by atoms with Crippen LogP contribution in [0.15, 0.2) is 23.2 Å². The Balaban J connectivity index is 0.00000240. The highest BCUT2D eigenvalue weighted by Gasteiger charge is 2.42. The minimum atomic E-state index is 0. The summed E-state index contributed by atoms with van der Waals surface area (Å²) < 4.78 is 11.3. The molecule has 0 aliphatic carbocycles. The fourth-order valence-electron chi connectivity index (χ4n) is 4.39. The fourth-order valence-corrected chi connectivity index (χ4v) is 4.39. The molecular weight excluding hydrogens is 483 g/mol. The van der Waals surface area contributed by atoms with Gasteiger partial charge in [0.2, 0.25) is 5.91 Å². The number of likely N-dealkylation sites (tertiary alicyclic amines) is 1. The van der Waals surface area contributed by atoms with Crippen molar-refractivity contribution < 1.29 is 14.3 Å². The van der Waals surface area contributed by atoms with E-state index in [2.05, 4.69) is 34.6 Å². The third-order valence-corrected chi connectivity index (χ3v) is 5.76. The van der Waals surface area contributed by atoms with Crippen LogP contribution < -0.4 is 20.1 Å². The molecule has 4 rings (SSSR count). The molecule has 3 aliphatic heterocycles. The molecule has 2 fully saturated rings. The molecule has 1 amide bonds. The summed E-state index contributed by atoms with van der Waals surface area (Å²) in [6.45, 7) is 7.53. The Morgan fingerprint density at radius 2 is 2.14 bits per heavy atom. The number of aliphatic imine (C=N–C) groups is 1. The van der Waals surface area contributed by atoms with E-state index in [4.69, 9.17) is 14.5 Å². The second kappa shape index (κ2) is 9.86. The normalized spacial score (nSPS) is 23.6. The van der Waals surface area contributed by atoms with Crippen molar-refractivity contribution in [2.75, 3.05) is 45.9 Å². The van der Waals surface area contributed by atoms with Crippen molar-refractivity contribution in [3.05, 3.63) is 23.8 Å². The lowest BCUT2D eigenvalue weighted by Crippen LogP contribution is -2.51. The first-order chi connectivity index (χ1) is 13.7. The number of ether oxygens (including phenoxy) is 2. The van der Waals surface area contributed by atoms with Crippen molar-refractivity contribution in [3.63, 3.8) is 0 Å². The van der Waals surface area contributed by atoms with Gasteiger partial charge in [0, 0.05) is 44.6 Å². The molecule has 0 saturated carbocycles. The number of hydrogen-bond donors (Lipinski definition) is 2. The van der Waals surface area contributed by atoms with Crippen LogP contribution in [0.3, 0.4) is 0 Å². The first kappa shape index (κ1) is 22.0. The molecular formula is C21H31IN4O3. The molecule has 8 heteroatoms. The lowest BCUT2D eigenvalue weighted by atomic mass is 9.79. The van der Waals surface area contributed by atoms with E-state index in [-0.39, 0.29) is 35.3 Å². The van der Waals surface area contributed by atoms with E-state index in [9.17, 15) is 4.79 Å². The largest absolute Gasteiger partial charge is 0.486 e. The molecule has 2 N–H and O–H groups in total. The zero-order chi connectivity index (χ0) is 19.4. The van der Waals surface area contributed by atoms with Crippen LogP contribution in [0.2, 0.25) is 0 Å². The molecule has 1 aromatic rings. The summed E-state index contributed by atoms with van der Waals surface area (Å²) in [5, 5.41) is 6.45. The molecule has 3 heterocycles. The summed E-state index contributed by atoms with van der Waals surface area (Å²) >= 11 is 0. The number of halogens is 1. The summed E-state index contributed by atoms with van der Waals surface area (Å²) in [6, 6.07) is 6.13. The molecule has 1 aromatic carbocycles. The topological polar surface area (TPSA) is 75.2 Å². The van der Waals surface area contributed by atoms with Crippen molar-refractivity contribution in [3.8, 4) is 11.5 Å². The van der Waals surface area contributed by atoms with Gasteiger partial charge in [-0.3, -0.25) is 9.79 Å². The molecule has 160 valence electrons. The van der Waals surface area contributed by atoms with Crippen molar-refractivity contribution in [2.24, 2.45) is 10.4 Å². The summed E-state index contributed by atoms with van der Waals surface area (Å²) in [5.41, 5.74) is 1.27. The van der Waals surface area contributed by atoms with Crippen molar-refractivity contribution in [1.82, 2.24) is 15.5 Å². The number of guanidine groups is 1. The standard InChI is InChI=1S/C21H30N4O3.HI/c1-2-22-20(25-9-3-7-21(15-25)13-19(26)24-14-21)23-8-6-16-4-5-17-18(12-16)28-11-10-27-17;/h4-5,12H,2-3,6-11,13-15H2,1H3,(H,22,23)(H,24,26);1H. The molecule has 7 nitrogen and oxygen atoms in total. The number of benzene rings is 1. The predicted octanol–water partition coefficient (Wildman–Crippen LogP) is 2.19. The molecule has 1 unspecified atom stereocenters. The molecule has 3 aliphatic rings. The van der Waals surface area contributed by atoms with Crippen LogP contribution in [0.5, 0.6) is 11.5 Å². The molecule has 0 aromatic heterocycles. The monoisotopic (exact) mass is 514 g/mol. The van der Waals surface area contributed by atoms with Gasteiger partial charge in [0.05, 0.1) is 0 Å². The Morgan fingerprint density at radius 1 is 1.31 bits per heavy atom. The van der Waals surface area contributed by atoms with Gasteiger partial charge in [-0.05, 0) is 43.9 Å². The maximum atomic E-state index is 11.8. The van der Waals surface area contributed by atoms with Crippen LogP contribution in [0.25, 0.3) is 0 Å². The third kappa shape index (κ3) is 5.26. The Hall–Kier alpha value is -1.71. The van der Waals surface area contributed by atoms with Crippen LogP contribution in [0, 0.1) is 5.41 Å². The molecule has 2 saturated heterocycles. The highest BCUT2D eigenvalue weighted by atomic mass is 127.